The molecule has 19 N–H and O–H groups in total. The van der Waals surface area contributed by atoms with Crippen LogP contribution in [0, 0.1) is 17.8 Å². The SMILES string of the molecule is CC(C)C[C@H](NC(=O)[C@@H](N)CC(C)C)C(=O)NCC(=O)N[C@@H](CCCN=C(N)N)C(=O)N[C@@H](CC(N)=O)C(=O)N[C@@H](CO)C(=O)N[C@@H](Cc1ccccc1)C(=O)N[C@@H](CCC(=O)O)C(=O)N[C@H](C(=O)O)C(C)C. The number of carboxylic acid groups (broad SMARTS) is 2. The van der Waals surface area contributed by atoms with E-state index in [1.807, 2.05) is 27.7 Å². The summed E-state index contributed by atoms with van der Waals surface area (Å²) in [4.78, 5) is 147. The van der Waals surface area contributed by atoms with Crippen molar-refractivity contribution in [2.45, 2.75) is 141 Å². The van der Waals surface area contributed by atoms with E-state index in [0.717, 1.165) is 0 Å². The highest BCUT2D eigenvalue weighted by Gasteiger charge is 2.35. The maximum atomic E-state index is 13.9. The van der Waals surface area contributed by atoms with E-state index in [1.54, 1.807) is 30.3 Å². The summed E-state index contributed by atoms with van der Waals surface area (Å²) in [7, 11) is 0. The quantitative estimate of drug-likeness (QED) is 0.0176. The minimum Gasteiger partial charge on any atom is -0.481 e. The largest absolute Gasteiger partial charge is 0.481 e. The molecule has 8 atom stereocenters. The summed E-state index contributed by atoms with van der Waals surface area (Å²) in [6.45, 7) is 8.60. The first-order valence-electron chi connectivity index (χ1n) is 23.7. The number of carbonyl (C=O) groups is 11. The molecule has 0 aliphatic rings. The number of nitrogens with two attached hydrogens (primary N) is 4. The molecule has 0 aromatic heterocycles. The predicted octanol–water partition coefficient (Wildman–Crippen LogP) is -4.31. The molecular formula is C46H75N13O14. The Kier molecular flexibility index (Phi) is 28.3. The van der Waals surface area contributed by atoms with Crippen molar-refractivity contribution >= 4 is 71.1 Å². The fraction of sp³-hybridized carbons (Fsp3) is 0.609. The third-order valence-corrected chi connectivity index (χ3v) is 10.7. The van der Waals surface area contributed by atoms with Gasteiger partial charge in [0, 0.05) is 19.4 Å². The Labute approximate surface area is 423 Å². The molecule has 0 fully saturated rings. The van der Waals surface area contributed by atoms with E-state index in [4.69, 9.17) is 22.9 Å². The molecule has 0 aliphatic carbocycles. The number of carboxylic acids is 2. The first kappa shape index (κ1) is 63.6. The van der Waals surface area contributed by atoms with Gasteiger partial charge in [0.05, 0.1) is 25.6 Å². The Balaban J connectivity index is 3.39. The molecular weight excluding hydrogens is 959 g/mol. The number of benzene rings is 1. The van der Waals surface area contributed by atoms with Crippen LogP contribution in [-0.4, -0.2) is 154 Å². The summed E-state index contributed by atoms with van der Waals surface area (Å²) < 4.78 is 0. The van der Waals surface area contributed by atoms with Gasteiger partial charge in [-0.3, -0.25) is 52.9 Å². The highest BCUT2D eigenvalue weighted by atomic mass is 16.4. The number of amides is 9. The molecule has 0 heterocycles. The van der Waals surface area contributed by atoms with Crippen molar-refractivity contribution in [1.29, 1.82) is 0 Å². The zero-order valence-corrected chi connectivity index (χ0v) is 42.1. The molecule has 0 radical (unpaired) electrons. The van der Waals surface area contributed by atoms with Crippen LogP contribution in [-0.2, 0) is 59.2 Å². The van der Waals surface area contributed by atoms with Crippen LogP contribution in [0.3, 0.4) is 0 Å². The van der Waals surface area contributed by atoms with Gasteiger partial charge in [-0.05, 0) is 55.4 Å². The number of aliphatic carboxylic acids is 2. The number of rotatable bonds is 34. The molecule has 73 heavy (non-hydrogen) atoms. The van der Waals surface area contributed by atoms with Gasteiger partial charge in [-0.2, -0.15) is 0 Å². The number of primary amides is 1. The van der Waals surface area contributed by atoms with Crippen molar-refractivity contribution in [1.82, 2.24) is 42.5 Å². The monoisotopic (exact) mass is 1030 g/mol. The zero-order chi connectivity index (χ0) is 55.5. The number of hydrogen-bond acceptors (Lipinski definition) is 14. The van der Waals surface area contributed by atoms with E-state index < -0.39 is 152 Å². The van der Waals surface area contributed by atoms with Crippen LogP contribution < -0.4 is 65.5 Å². The number of aliphatic imine (C=N–C) groups is 1. The fourth-order valence-electron chi connectivity index (χ4n) is 6.96. The standard InChI is InChI=1S/C46H75N13O14/c1-23(2)17-27(47)38(65)55-30(18-24(3)4)39(66)52-21-35(62)53-28(13-10-16-51-46(49)50)40(67)57-32(20-34(48)61)43(70)58-33(22-60)44(71)56-31(19-26-11-8-7-9-12-26)42(69)54-29(14-15-36(63)64)41(68)59-37(25(5)6)45(72)73/h7-9,11-12,23-25,27-33,37,60H,10,13-22,47H2,1-6H3,(H2,48,61)(H,52,66)(H,53,62)(H,54,69)(H,55,65)(H,56,71)(H,57,67)(H,58,70)(H,59,68)(H,63,64)(H,72,73)(H4,49,50,51)/t27-,28-,29-,30-,31-,32-,33-,37-/m0/s1. The molecule has 0 bridgehead atoms. The number of aliphatic hydroxyl groups is 1. The number of nitrogens with zero attached hydrogens (tertiary/aromatic N) is 1. The number of guanidine groups is 1. The van der Waals surface area contributed by atoms with Crippen molar-refractivity contribution < 1.29 is 68.1 Å². The Morgan fingerprint density at radius 3 is 1.63 bits per heavy atom. The highest BCUT2D eigenvalue weighted by Crippen LogP contribution is 2.11. The molecule has 9 amide bonds. The lowest BCUT2D eigenvalue weighted by atomic mass is 10.0. The zero-order valence-electron chi connectivity index (χ0n) is 42.1. The lowest BCUT2D eigenvalue weighted by Crippen LogP contribution is -2.61. The lowest BCUT2D eigenvalue weighted by molar-refractivity contribution is -0.144. The molecule has 27 heteroatoms. The molecule has 1 aromatic rings. The molecule has 408 valence electrons. The van der Waals surface area contributed by atoms with Crippen LogP contribution in [0.4, 0.5) is 0 Å². The Bertz CT molecular complexity index is 2090. The van der Waals surface area contributed by atoms with Gasteiger partial charge in [0.1, 0.15) is 42.3 Å². The Morgan fingerprint density at radius 1 is 0.589 bits per heavy atom. The van der Waals surface area contributed by atoms with Crippen LogP contribution in [0.5, 0.6) is 0 Å². The second-order valence-electron chi connectivity index (χ2n) is 18.5. The third-order valence-electron chi connectivity index (χ3n) is 10.7. The molecule has 0 aliphatic heterocycles. The number of carbonyl (C=O) groups excluding carboxylic acids is 9. The number of nitrogens with one attached hydrogen (secondary N) is 8. The van der Waals surface area contributed by atoms with Gasteiger partial charge in [-0.1, -0.05) is 71.9 Å². The van der Waals surface area contributed by atoms with Gasteiger partial charge in [-0.15, -0.1) is 0 Å². The third kappa shape index (κ3) is 25.5. The average molecular weight is 1030 g/mol. The van der Waals surface area contributed by atoms with Gasteiger partial charge in [-0.25, -0.2) is 4.79 Å². The van der Waals surface area contributed by atoms with Crippen LogP contribution in [0.25, 0.3) is 0 Å². The summed E-state index contributed by atoms with van der Waals surface area (Å²) in [5.41, 5.74) is 22.7. The minimum atomic E-state index is -1.88. The van der Waals surface area contributed by atoms with Gasteiger partial charge in [0.15, 0.2) is 5.96 Å². The van der Waals surface area contributed by atoms with E-state index >= 15 is 0 Å². The number of hydrogen-bond donors (Lipinski definition) is 15. The van der Waals surface area contributed by atoms with Crippen LogP contribution in [0.1, 0.15) is 92.1 Å². The molecule has 0 saturated carbocycles. The first-order valence-corrected chi connectivity index (χ1v) is 23.7. The molecule has 1 aromatic carbocycles. The predicted molar refractivity (Wildman–Crippen MR) is 264 cm³/mol. The smallest absolute Gasteiger partial charge is 0.326 e. The molecule has 1 rings (SSSR count). The van der Waals surface area contributed by atoms with E-state index in [-0.39, 0.29) is 50.0 Å². The second kappa shape index (κ2) is 32.5. The van der Waals surface area contributed by atoms with Crippen LogP contribution >= 0.6 is 0 Å². The second-order valence-corrected chi connectivity index (χ2v) is 18.5. The molecule has 0 spiro atoms. The minimum absolute atomic E-state index is 0.0183. The summed E-state index contributed by atoms with van der Waals surface area (Å²) in [5, 5.41) is 48.3. The summed E-state index contributed by atoms with van der Waals surface area (Å²) in [6.07, 6.45) is -1.79. The van der Waals surface area contributed by atoms with Gasteiger partial charge in [0.2, 0.25) is 53.2 Å². The topological polar surface area (TPSA) is 461 Å². The van der Waals surface area contributed by atoms with Gasteiger partial charge in [0.25, 0.3) is 0 Å². The van der Waals surface area contributed by atoms with E-state index in [1.165, 1.54) is 13.8 Å². The van der Waals surface area contributed by atoms with Gasteiger partial charge < -0.3 is 80.8 Å². The summed E-state index contributed by atoms with van der Waals surface area (Å²) in [6, 6.07) is -3.66. The van der Waals surface area contributed by atoms with Crippen molar-refractivity contribution in [3.05, 3.63) is 35.9 Å². The molecule has 0 saturated heterocycles. The Hall–Kier alpha value is -7.42. The fourth-order valence-corrected chi connectivity index (χ4v) is 6.96. The molecule has 0 unspecified atom stereocenters. The molecule has 27 nitrogen and oxygen atoms in total. The van der Waals surface area contributed by atoms with E-state index in [2.05, 4.69) is 47.5 Å². The van der Waals surface area contributed by atoms with Gasteiger partial charge >= 0.3 is 11.9 Å². The maximum absolute atomic E-state index is 13.9. The van der Waals surface area contributed by atoms with Crippen molar-refractivity contribution in [3.8, 4) is 0 Å². The van der Waals surface area contributed by atoms with Crippen LogP contribution in [0.2, 0.25) is 0 Å². The normalized spacial score (nSPS) is 14.3. The number of aliphatic hydroxyl groups excluding tert-OH is 1. The highest BCUT2D eigenvalue weighted by molar-refractivity contribution is 5.99. The summed E-state index contributed by atoms with van der Waals surface area (Å²) >= 11 is 0. The van der Waals surface area contributed by atoms with E-state index in [9.17, 15) is 68.1 Å². The van der Waals surface area contributed by atoms with Crippen molar-refractivity contribution in [2.24, 2.45) is 45.7 Å². The van der Waals surface area contributed by atoms with Crippen LogP contribution in [0.15, 0.2) is 35.3 Å². The maximum Gasteiger partial charge on any atom is 0.326 e. The summed E-state index contributed by atoms with van der Waals surface area (Å²) in [5.74, 6) is -12.4. The first-order chi connectivity index (χ1) is 34.1. The lowest BCUT2D eigenvalue weighted by Gasteiger charge is -2.27. The van der Waals surface area contributed by atoms with Crippen molar-refractivity contribution in [3.63, 3.8) is 0 Å². The average Bonchev–Trinajstić information content (AvgIpc) is 3.29. The Morgan fingerprint density at radius 2 is 1.10 bits per heavy atom. The van der Waals surface area contributed by atoms with E-state index in [0.29, 0.717) is 12.0 Å². The van der Waals surface area contributed by atoms with Crippen molar-refractivity contribution in [2.75, 3.05) is 19.7 Å².